The average molecular weight is 292 g/mol. The summed E-state index contributed by atoms with van der Waals surface area (Å²) in [6.45, 7) is 0.678. The second-order valence-electron chi connectivity index (χ2n) is 4.87. The van der Waals surface area contributed by atoms with Gasteiger partial charge in [-0.2, -0.15) is 13.2 Å². The summed E-state index contributed by atoms with van der Waals surface area (Å²) in [4.78, 5) is 2.14. The molecule has 0 amide bonds. The van der Waals surface area contributed by atoms with Crippen molar-refractivity contribution in [3.63, 3.8) is 0 Å². The molecule has 0 unspecified atom stereocenters. The van der Waals surface area contributed by atoms with E-state index in [0.29, 0.717) is 18.5 Å². The molecule has 0 heterocycles. The van der Waals surface area contributed by atoms with Crippen LogP contribution in [0.15, 0.2) is 24.3 Å². The van der Waals surface area contributed by atoms with E-state index in [0.717, 1.165) is 30.7 Å². The van der Waals surface area contributed by atoms with Crippen LogP contribution in [0.1, 0.15) is 31.2 Å². The van der Waals surface area contributed by atoms with Crippen molar-refractivity contribution in [3.8, 4) is 0 Å². The SMILES string of the molecule is FC(F)(F)c1ccc(N(CCCl)C2CCCC2)cc1. The monoisotopic (exact) mass is 291 g/mol. The molecule has 5 heteroatoms. The molecular formula is C14H17ClF3N. The van der Waals surface area contributed by atoms with Crippen LogP contribution < -0.4 is 4.90 Å². The average Bonchev–Trinajstić information content (AvgIpc) is 2.89. The molecule has 2 rings (SSSR count). The maximum absolute atomic E-state index is 12.5. The number of halogens is 4. The normalized spacial score (nSPS) is 16.8. The van der Waals surface area contributed by atoms with E-state index >= 15 is 0 Å². The van der Waals surface area contributed by atoms with E-state index in [1.165, 1.54) is 12.8 Å². The van der Waals surface area contributed by atoms with Crippen LogP contribution in [-0.2, 0) is 6.18 Å². The minimum atomic E-state index is -4.27. The summed E-state index contributed by atoms with van der Waals surface area (Å²) in [7, 11) is 0. The lowest BCUT2D eigenvalue weighted by Gasteiger charge is -2.30. The largest absolute Gasteiger partial charge is 0.416 e. The molecule has 1 aliphatic rings. The van der Waals surface area contributed by atoms with E-state index < -0.39 is 11.7 Å². The molecule has 0 bridgehead atoms. The van der Waals surface area contributed by atoms with Gasteiger partial charge in [0.1, 0.15) is 0 Å². The second-order valence-corrected chi connectivity index (χ2v) is 5.24. The lowest BCUT2D eigenvalue weighted by molar-refractivity contribution is -0.137. The molecule has 0 spiro atoms. The third kappa shape index (κ3) is 3.56. The first-order valence-corrected chi connectivity index (χ1v) is 7.05. The molecule has 1 fully saturated rings. The van der Waals surface area contributed by atoms with Crippen LogP contribution in [0.2, 0.25) is 0 Å². The second kappa shape index (κ2) is 6.04. The summed E-state index contributed by atoms with van der Waals surface area (Å²) in [5, 5.41) is 0. The highest BCUT2D eigenvalue weighted by atomic mass is 35.5. The Labute approximate surface area is 116 Å². The van der Waals surface area contributed by atoms with Gasteiger partial charge >= 0.3 is 6.18 Å². The Bertz CT molecular complexity index is 396. The smallest absolute Gasteiger partial charge is 0.367 e. The predicted octanol–water partition coefficient (Wildman–Crippen LogP) is 4.69. The molecule has 1 aromatic rings. The molecule has 0 N–H and O–H groups in total. The molecule has 1 aromatic carbocycles. The van der Waals surface area contributed by atoms with Gasteiger partial charge in [0.05, 0.1) is 5.56 Å². The summed E-state index contributed by atoms with van der Waals surface area (Å²) in [5.74, 6) is 0.484. The molecule has 19 heavy (non-hydrogen) atoms. The van der Waals surface area contributed by atoms with Crippen molar-refractivity contribution in [1.82, 2.24) is 0 Å². The Hall–Kier alpha value is -0.900. The highest BCUT2D eigenvalue weighted by Crippen LogP contribution is 2.32. The molecule has 106 valence electrons. The number of anilines is 1. The van der Waals surface area contributed by atoms with E-state index in [-0.39, 0.29) is 0 Å². The first-order valence-electron chi connectivity index (χ1n) is 6.52. The highest BCUT2D eigenvalue weighted by molar-refractivity contribution is 6.18. The number of nitrogens with zero attached hydrogens (tertiary/aromatic N) is 1. The Morgan fingerprint density at radius 2 is 1.68 bits per heavy atom. The van der Waals surface area contributed by atoms with E-state index in [2.05, 4.69) is 4.90 Å². The predicted molar refractivity (Wildman–Crippen MR) is 71.8 cm³/mol. The lowest BCUT2D eigenvalue weighted by atomic mass is 10.1. The zero-order valence-corrected chi connectivity index (χ0v) is 11.3. The topological polar surface area (TPSA) is 3.24 Å². The molecule has 1 saturated carbocycles. The third-order valence-electron chi connectivity index (χ3n) is 3.62. The maximum Gasteiger partial charge on any atom is 0.416 e. The summed E-state index contributed by atoms with van der Waals surface area (Å²) in [6, 6.07) is 5.80. The molecule has 1 nitrogen and oxygen atoms in total. The molecule has 0 saturated heterocycles. The molecular weight excluding hydrogens is 275 g/mol. The fraction of sp³-hybridized carbons (Fsp3) is 0.571. The Morgan fingerprint density at radius 3 is 2.16 bits per heavy atom. The van der Waals surface area contributed by atoms with Crippen LogP contribution in [0.3, 0.4) is 0 Å². The van der Waals surface area contributed by atoms with Crippen LogP contribution in [0.4, 0.5) is 18.9 Å². The van der Waals surface area contributed by atoms with E-state index in [1.54, 1.807) is 12.1 Å². The minimum absolute atomic E-state index is 0.412. The van der Waals surface area contributed by atoms with Gasteiger partial charge in [-0.25, -0.2) is 0 Å². The number of benzene rings is 1. The molecule has 0 aliphatic heterocycles. The van der Waals surface area contributed by atoms with Gasteiger partial charge in [-0.1, -0.05) is 12.8 Å². The Balaban J connectivity index is 2.17. The molecule has 0 aromatic heterocycles. The maximum atomic E-state index is 12.5. The minimum Gasteiger partial charge on any atom is -0.367 e. The Morgan fingerprint density at radius 1 is 1.11 bits per heavy atom. The fourth-order valence-corrected chi connectivity index (χ4v) is 2.85. The fourth-order valence-electron chi connectivity index (χ4n) is 2.67. The van der Waals surface area contributed by atoms with Gasteiger partial charge < -0.3 is 4.90 Å². The van der Waals surface area contributed by atoms with Crippen LogP contribution in [0.5, 0.6) is 0 Å². The molecule has 0 radical (unpaired) electrons. The van der Waals surface area contributed by atoms with E-state index in [1.807, 2.05) is 0 Å². The van der Waals surface area contributed by atoms with Crippen molar-refractivity contribution in [1.29, 1.82) is 0 Å². The lowest BCUT2D eigenvalue weighted by Crippen LogP contribution is -2.34. The number of rotatable bonds is 4. The number of hydrogen-bond donors (Lipinski definition) is 0. The van der Waals surface area contributed by atoms with Crippen molar-refractivity contribution >= 4 is 17.3 Å². The van der Waals surface area contributed by atoms with Crippen LogP contribution in [0, 0.1) is 0 Å². The standard InChI is InChI=1S/C14H17ClF3N/c15-9-10-19(12-3-1-2-4-12)13-7-5-11(6-8-13)14(16,17)18/h5-8,12H,1-4,9-10H2. The van der Waals surface area contributed by atoms with Crippen molar-refractivity contribution in [3.05, 3.63) is 29.8 Å². The first-order chi connectivity index (χ1) is 9.02. The number of hydrogen-bond acceptors (Lipinski definition) is 1. The molecule has 0 atom stereocenters. The molecule has 1 aliphatic carbocycles. The van der Waals surface area contributed by atoms with E-state index in [9.17, 15) is 13.2 Å². The van der Waals surface area contributed by atoms with Gasteiger partial charge in [0, 0.05) is 24.2 Å². The summed E-state index contributed by atoms with van der Waals surface area (Å²) in [6.07, 6.45) is 0.285. The van der Waals surface area contributed by atoms with Crippen molar-refractivity contribution in [2.24, 2.45) is 0 Å². The highest BCUT2D eigenvalue weighted by Gasteiger charge is 2.30. The van der Waals surface area contributed by atoms with Gasteiger partial charge in [-0.05, 0) is 37.1 Å². The van der Waals surface area contributed by atoms with Crippen molar-refractivity contribution in [2.75, 3.05) is 17.3 Å². The Kier molecular flexibility index (Phi) is 4.61. The van der Waals surface area contributed by atoms with Gasteiger partial charge in [0.2, 0.25) is 0 Å². The zero-order valence-electron chi connectivity index (χ0n) is 10.6. The third-order valence-corrected chi connectivity index (χ3v) is 3.79. The van der Waals surface area contributed by atoms with Crippen molar-refractivity contribution < 1.29 is 13.2 Å². The summed E-state index contributed by atoms with van der Waals surface area (Å²) >= 11 is 5.81. The van der Waals surface area contributed by atoms with Gasteiger partial charge in [0.25, 0.3) is 0 Å². The number of alkyl halides is 4. The quantitative estimate of drug-likeness (QED) is 0.727. The van der Waals surface area contributed by atoms with E-state index in [4.69, 9.17) is 11.6 Å². The van der Waals surface area contributed by atoms with Gasteiger partial charge in [-0.3, -0.25) is 0 Å². The van der Waals surface area contributed by atoms with Gasteiger partial charge in [-0.15, -0.1) is 11.6 Å². The van der Waals surface area contributed by atoms with Crippen LogP contribution >= 0.6 is 11.6 Å². The summed E-state index contributed by atoms with van der Waals surface area (Å²) < 4.78 is 37.6. The summed E-state index contributed by atoms with van der Waals surface area (Å²) in [5.41, 5.74) is 0.231. The van der Waals surface area contributed by atoms with Gasteiger partial charge in [0.15, 0.2) is 0 Å². The van der Waals surface area contributed by atoms with Crippen LogP contribution in [0.25, 0.3) is 0 Å². The first kappa shape index (κ1) is 14.5. The zero-order chi connectivity index (χ0) is 13.9. The van der Waals surface area contributed by atoms with Crippen LogP contribution in [-0.4, -0.2) is 18.5 Å². The van der Waals surface area contributed by atoms with Crippen molar-refractivity contribution in [2.45, 2.75) is 37.9 Å².